The predicted octanol–water partition coefficient (Wildman–Crippen LogP) is 3.17. The lowest BCUT2D eigenvalue weighted by Gasteiger charge is -2.31. The molecule has 1 aliphatic heterocycles. The number of halogens is 1. The van der Waals surface area contributed by atoms with Crippen LogP contribution in [0.4, 0.5) is 4.79 Å². The van der Waals surface area contributed by atoms with Crippen molar-refractivity contribution in [2.75, 3.05) is 19.7 Å². The topological polar surface area (TPSA) is 58.6 Å². The van der Waals surface area contributed by atoms with E-state index >= 15 is 0 Å². The number of hydrogen-bond acceptors (Lipinski definition) is 4. The number of aryl methyl sites for hydroxylation is 1. The molecular formula is C14H19BrN2O3S. The van der Waals surface area contributed by atoms with Gasteiger partial charge in [0.2, 0.25) is 0 Å². The number of ether oxygens (including phenoxy) is 1. The van der Waals surface area contributed by atoms with Crippen molar-refractivity contribution in [1.82, 2.24) is 10.2 Å². The molecule has 116 valence electrons. The van der Waals surface area contributed by atoms with Crippen molar-refractivity contribution < 1.29 is 14.3 Å². The number of thiophene rings is 1. The summed E-state index contributed by atoms with van der Waals surface area (Å²) in [7, 11) is 0. The summed E-state index contributed by atoms with van der Waals surface area (Å²) in [5.74, 6) is -0.0385. The highest BCUT2D eigenvalue weighted by Crippen LogP contribution is 2.27. The molecule has 1 aliphatic rings. The number of nitrogens with zero attached hydrogens (tertiary/aromatic N) is 1. The Morgan fingerprint density at radius 1 is 1.48 bits per heavy atom. The highest BCUT2D eigenvalue weighted by molar-refractivity contribution is 9.11. The molecule has 1 aromatic rings. The van der Waals surface area contributed by atoms with E-state index in [1.807, 2.05) is 13.0 Å². The molecule has 5 nitrogen and oxygen atoms in total. The minimum absolute atomic E-state index is 0.0385. The number of carbonyl (C=O) groups is 2. The Morgan fingerprint density at radius 2 is 2.14 bits per heavy atom. The number of rotatable bonds is 3. The van der Waals surface area contributed by atoms with Crippen LogP contribution in [0, 0.1) is 6.92 Å². The normalized spacial score (nSPS) is 15.9. The number of carbonyl (C=O) groups excluding carboxylic acids is 2. The maximum absolute atomic E-state index is 12.2. The highest BCUT2D eigenvalue weighted by atomic mass is 79.9. The minimum atomic E-state index is -0.264. The summed E-state index contributed by atoms with van der Waals surface area (Å²) in [6.45, 7) is 5.40. The number of piperidine rings is 1. The molecule has 0 unspecified atom stereocenters. The quantitative estimate of drug-likeness (QED) is 0.883. The first kappa shape index (κ1) is 16.3. The van der Waals surface area contributed by atoms with Crippen molar-refractivity contribution in [3.05, 3.63) is 20.3 Å². The van der Waals surface area contributed by atoms with Crippen LogP contribution in [-0.2, 0) is 4.74 Å². The second-order valence-corrected chi connectivity index (χ2v) is 7.37. The first-order valence-electron chi connectivity index (χ1n) is 6.99. The van der Waals surface area contributed by atoms with Crippen LogP contribution in [0.15, 0.2) is 9.85 Å². The highest BCUT2D eigenvalue weighted by Gasteiger charge is 2.25. The second kappa shape index (κ2) is 7.26. The van der Waals surface area contributed by atoms with Crippen LogP contribution in [-0.4, -0.2) is 42.6 Å². The monoisotopic (exact) mass is 374 g/mol. The van der Waals surface area contributed by atoms with Crippen LogP contribution in [0.1, 0.15) is 35.0 Å². The van der Waals surface area contributed by atoms with E-state index in [-0.39, 0.29) is 18.0 Å². The molecule has 0 radical (unpaired) electrons. The molecule has 0 aromatic carbocycles. The Balaban J connectivity index is 1.83. The Bertz CT molecular complexity index is 505. The molecule has 7 heteroatoms. The van der Waals surface area contributed by atoms with Crippen LogP contribution >= 0.6 is 27.3 Å². The fourth-order valence-corrected chi connectivity index (χ4v) is 3.69. The number of amides is 2. The lowest BCUT2D eigenvalue weighted by Crippen LogP contribution is -2.46. The van der Waals surface area contributed by atoms with E-state index < -0.39 is 0 Å². The van der Waals surface area contributed by atoms with Gasteiger partial charge in [-0.3, -0.25) is 4.79 Å². The summed E-state index contributed by atoms with van der Waals surface area (Å²) in [6, 6.07) is 2.00. The molecule has 2 rings (SSSR count). The summed E-state index contributed by atoms with van der Waals surface area (Å²) in [5.41, 5.74) is 1.07. The fraction of sp³-hybridized carbons (Fsp3) is 0.571. The molecule has 1 N–H and O–H groups in total. The van der Waals surface area contributed by atoms with Gasteiger partial charge in [-0.15, -0.1) is 11.3 Å². The molecule has 0 saturated carbocycles. The number of nitrogens with one attached hydrogen (secondary N) is 1. The maximum Gasteiger partial charge on any atom is 0.409 e. The SMILES string of the molecule is CCOC(=O)N1CCC(NC(=O)c2cc(C)c(Br)s2)CC1. The molecule has 0 bridgehead atoms. The molecule has 2 heterocycles. The Morgan fingerprint density at radius 3 is 2.67 bits per heavy atom. The molecule has 1 aromatic heterocycles. The lowest BCUT2D eigenvalue weighted by molar-refractivity contribution is 0.0862. The largest absolute Gasteiger partial charge is 0.450 e. The first-order chi connectivity index (χ1) is 10.0. The van der Waals surface area contributed by atoms with Gasteiger partial charge in [-0.2, -0.15) is 0 Å². The van der Waals surface area contributed by atoms with Crippen LogP contribution in [0.3, 0.4) is 0 Å². The van der Waals surface area contributed by atoms with E-state index in [9.17, 15) is 9.59 Å². The van der Waals surface area contributed by atoms with Crippen molar-refractivity contribution >= 4 is 39.3 Å². The zero-order valence-corrected chi connectivity index (χ0v) is 14.6. The predicted molar refractivity (Wildman–Crippen MR) is 85.8 cm³/mol. The van der Waals surface area contributed by atoms with Crippen LogP contribution < -0.4 is 5.32 Å². The van der Waals surface area contributed by atoms with E-state index in [2.05, 4.69) is 21.2 Å². The number of likely N-dealkylation sites (tertiary alicyclic amines) is 1. The second-order valence-electron chi connectivity index (χ2n) is 5.00. The van der Waals surface area contributed by atoms with Gasteiger partial charge < -0.3 is 15.0 Å². The zero-order valence-electron chi connectivity index (χ0n) is 12.1. The van der Waals surface area contributed by atoms with Gasteiger partial charge in [0.1, 0.15) is 0 Å². The molecule has 2 amide bonds. The van der Waals surface area contributed by atoms with Gasteiger partial charge in [-0.25, -0.2) is 4.79 Å². The Labute approximate surface area is 136 Å². The van der Waals surface area contributed by atoms with E-state index in [0.29, 0.717) is 24.6 Å². The smallest absolute Gasteiger partial charge is 0.409 e. The van der Waals surface area contributed by atoms with Gasteiger partial charge in [0.25, 0.3) is 5.91 Å². The van der Waals surface area contributed by atoms with Gasteiger partial charge in [0, 0.05) is 19.1 Å². The third-order valence-electron chi connectivity index (χ3n) is 3.44. The zero-order chi connectivity index (χ0) is 15.4. The van der Waals surface area contributed by atoms with Crippen LogP contribution in [0.5, 0.6) is 0 Å². The summed E-state index contributed by atoms with van der Waals surface area (Å²) < 4.78 is 5.97. The molecular weight excluding hydrogens is 356 g/mol. The summed E-state index contributed by atoms with van der Waals surface area (Å²) in [5, 5.41) is 3.04. The maximum atomic E-state index is 12.2. The van der Waals surface area contributed by atoms with E-state index in [0.717, 1.165) is 22.2 Å². The summed E-state index contributed by atoms with van der Waals surface area (Å²) >= 11 is 4.87. The summed E-state index contributed by atoms with van der Waals surface area (Å²) in [4.78, 5) is 26.2. The third kappa shape index (κ3) is 4.20. The average molecular weight is 375 g/mol. The van der Waals surface area contributed by atoms with E-state index in [1.165, 1.54) is 11.3 Å². The van der Waals surface area contributed by atoms with Gasteiger partial charge in [0.15, 0.2) is 0 Å². The van der Waals surface area contributed by atoms with Crippen molar-refractivity contribution in [2.45, 2.75) is 32.7 Å². The average Bonchev–Trinajstić information content (AvgIpc) is 2.80. The van der Waals surface area contributed by atoms with E-state index in [4.69, 9.17) is 4.74 Å². The van der Waals surface area contributed by atoms with Gasteiger partial charge in [-0.1, -0.05) is 0 Å². The molecule has 1 fully saturated rings. The standard InChI is InChI=1S/C14H19BrN2O3S/c1-3-20-14(19)17-6-4-10(5-7-17)16-13(18)11-8-9(2)12(15)21-11/h8,10H,3-7H2,1-2H3,(H,16,18). The van der Waals surface area contributed by atoms with Crippen LogP contribution in [0.25, 0.3) is 0 Å². The van der Waals surface area contributed by atoms with E-state index in [1.54, 1.807) is 11.8 Å². The minimum Gasteiger partial charge on any atom is -0.450 e. The van der Waals surface area contributed by atoms with Crippen LogP contribution in [0.2, 0.25) is 0 Å². The molecule has 1 saturated heterocycles. The summed E-state index contributed by atoms with van der Waals surface area (Å²) in [6.07, 6.45) is 1.26. The van der Waals surface area contributed by atoms with Gasteiger partial charge in [0.05, 0.1) is 15.3 Å². The first-order valence-corrected chi connectivity index (χ1v) is 8.60. The van der Waals surface area contributed by atoms with Gasteiger partial charge in [-0.05, 0) is 54.2 Å². The van der Waals surface area contributed by atoms with Crippen molar-refractivity contribution in [3.8, 4) is 0 Å². The third-order valence-corrected chi connectivity index (χ3v) is 5.57. The fourth-order valence-electron chi connectivity index (χ4n) is 2.25. The van der Waals surface area contributed by atoms with Crippen molar-refractivity contribution in [1.29, 1.82) is 0 Å². The van der Waals surface area contributed by atoms with Gasteiger partial charge >= 0.3 is 6.09 Å². The Hall–Kier alpha value is -1.08. The van der Waals surface area contributed by atoms with Crippen molar-refractivity contribution in [2.24, 2.45) is 0 Å². The molecule has 0 aliphatic carbocycles. The number of hydrogen-bond donors (Lipinski definition) is 1. The lowest BCUT2D eigenvalue weighted by atomic mass is 10.1. The molecule has 21 heavy (non-hydrogen) atoms. The Kier molecular flexibility index (Phi) is 5.64. The van der Waals surface area contributed by atoms with Crippen molar-refractivity contribution in [3.63, 3.8) is 0 Å². The molecule has 0 atom stereocenters. The molecule has 0 spiro atoms.